The van der Waals surface area contributed by atoms with Gasteiger partial charge in [0.05, 0.1) is 11.2 Å². The van der Waals surface area contributed by atoms with Crippen molar-refractivity contribution in [3.8, 4) is 0 Å². The summed E-state index contributed by atoms with van der Waals surface area (Å²) >= 11 is 0. The molecular weight excluding hydrogens is 259 g/mol. The summed E-state index contributed by atoms with van der Waals surface area (Å²) in [5, 5.41) is 0. The second-order valence-electron chi connectivity index (χ2n) is 7.57. The van der Waals surface area contributed by atoms with Crippen LogP contribution < -0.4 is 5.46 Å². The van der Waals surface area contributed by atoms with E-state index in [0.29, 0.717) is 0 Å². The highest BCUT2D eigenvalue weighted by molar-refractivity contribution is 6.62. The molecule has 1 aromatic rings. The Kier molecular flexibility index (Phi) is 3.70. The maximum absolute atomic E-state index is 6.23. The van der Waals surface area contributed by atoms with Gasteiger partial charge in [0, 0.05) is 0 Å². The molecule has 0 saturated carbocycles. The molecule has 0 bridgehead atoms. The predicted molar refractivity (Wildman–Crippen MR) is 88.2 cm³/mol. The Morgan fingerprint density at radius 3 is 2.19 bits per heavy atom. The first-order valence-corrected chi connectivity index (χ1v) is 8.29. The number of aryl methyl sites for hydroxylation is 1. The molecule has 1 saturated heterocycles. The van der Waals surface area contributed by atoms with Gasteiger partial charge in [-0.25, -0.2) is 0 Å². The van der Waals surface area contributed by atoms with Gasteiger partial charge in [0.2, 0.25) is 0 Å². The summed E-state index contributed by atoms with van der Waals surface area (Å²) in [6, 6.07) is 4.52. The molecule has 2 nitrogen and oxygen atoms in total. The number of rotatable bonds is 1. The molecule has 0 aromatic heterocycles. The molecule has 0 radical (unpaired) electrons. The lowest BCUT2D eigenvalue weighted by molar-refractivity contribution is 0.00578. The quantitative estimate of drug-likeness (QED) is 0.580. The Morgan fingerprint density at radius 1 is 0.905 bits per heavy atom. The lowest BCUT2D eigenvalue weighted by atomic mass is 9.73. The third-order valence-electron chi connectivity index (χ3n) is 5.62. The number of hydrogen-bond acceptors (Lipinski definition) is 2. The van der Waals surface area contributed by atoms with E-state index in [1.54, 1.807) is 5.56 Å². The molecule has 0 N–H and O–H groups in total. The molecule has 1 aliphatic carbocycles. The van der Waals surface area contributed by atoms with E-state index >= 15 is 0 Å². The van der Waals surface area contributed by atoms with Crippen molar-refractivity contribution in [2.75, 3.05) is 0 Å². The molecule has 114 valence electrons. The molecule has 2 aliphatic rings. The summed E-state index contributed by atoms with van der Waals surface area (Å²) < 4.78 is 12.5. The lowest BCUT2D eigenvalue weighted by Crippen LogP contribution is -2.41. The Hall–Kier alpha value is -0.795. The highest BCUT2D eigenvalue weighted by atomic mass is 16.7. The standard InChI is InChI=1S/C18H27BO2/c1-13-15-10-8-6-7-9-14(15)11-12-16(13)19-20-17(2,3)18(4,5)21-19/h11-12H,6-10H2,1-5H3. The van der Waals surface area contributed by atoms with E-state index in [-0.39, 0.29) is 18.3 Å². The van der Waals surface area contributed by atoms with Crippen LogP contribution >= 0.6 is 0 Å². The fraction of sp³-hybridized carbons (Fsp3) is 0.667. The summed E-state index contributed by atoms with van der Waals surface area (Å²) in [5.41, 5.74) is 5.14. The van der Waals surface area contributed by atoms with Crippen LogP contribution in [0.5, 0.6) is 0 Å². The summed E-state index contributed by atoms with van der Waals surface area (Å²) in [6.07, 6.45) is 6.40. The summed E-state index contributed by atoms with van der Waals surface area (Å²) in [7, 11) is -0.233. The molecule has 3 heteroatoms. The molecule has 1 fully saturated rings. The Morgan fingerprint density at radius 2 is 1.52 bits per heavy atom. The van der Waals surface area contributed by atoms with Crippen LogP contribution in [0.2, 0.25) is 0 Å². The van der Waals surface area contributed by atoms with E-state index in [1.807, 2.05) is 0 Å². The van der Waals surface area contributed by atoms with Gasteiger partial charge in [-0.2, -0.15) is 0 Å². The second kappa shape index (κ2) is 5.14. The Balaban J connectivity index is 1.96. The van der Waals surface area contributed by atoms with Crippen LogP contribution in [0, 0.1) is 6.92 Å². The van der Waals surface area contributed by atoms with Crippen LogP contribution in [0.4, 0.5) is 0 Å². The maximum Gasteiger partial charge on any atom is 0.495 e. The topological polar surface area (TPSA) is 18.5 Å². The highest BCUT2D eigenvalue weighted by Crippen LogP contribution is 2.37. The van der Waals surface area contributed by atoms with Gasteiger partial charge >= 0.3 is 7.12 Å². The number of fused-ring (bicyclic) bond motifs is 1. The summed E-state index contributed by atoms with van der Waals surface area (Å²) in [5.74, 6) is 0. The number of benzene rings is 1. The minimum atomic E-state index is -0.267. The smallest absolute Gasteiger partial charge is 0.399 e. The normalized spacial score (nSPS) is 23.8. The minimum absolute atomic E-state index is 0.233. The predicted octanol–water partition coefficient (Wildman–Crippen LogP) is 3.56. The van der Waals surface area contributed by atoms with Crippen molar-refractivity contribution in [1.29, 1.82) is 0 Å². The van der Waals surface area contributed by atoms with Gasteiger partial charge in [-0.3, -0.25) is 0 Å². The average Bonchev–Trinajstić information content (AvgIpc) is 2.58. The molecular formula is C18H27BO2. The van der Waals surface area contributed by atoms with Gasteiger partial charge in [-0.15, -0.1) is 0 Å². The monoisotopic (exact) mass is 286 g/mol. The highest BCUT2D eigenvalue weighted by Gasteiger charge is 2.52. The molecule has 0 atom stereocenters. The van der Waals surface area contributed by atoms with Crippen molar-refractivity contribution in [1.82, 2.24) is 0 Å². The van der Waals surface area contributed by atoms with Crippen molar-refractivity contribution < 1.29 is 9.31 Å². The minimum Gasteiger partial charge on any atom is -0.399 e. The van der Waals surface area contributed by atoms with E-state index in [9.17, 15) is 0 Å². The Labute approximate surface area is 129 Å². The van der Waals surface area contributed by atoms with Gasteiger partial charge in [0.15, 0.2) is 0 Å². The zero-order valence-electron chi connectivity index (χ0n) is 14.1. The van der Waals surface area contributed by atoms with Crippen LogP contribution in [0.1, 0.15) is 63.6 Å². The van der Waals surface area contributed by atoms with E-state index in [1.165, 1.54) is 48.7 Å². The molecule has 0 amide bonds. The van der Waals surface area contributed by atoms with Crippen molar-refractivity contribution in [2.45, 2.75) is 77.9 Å². The molecule has 1 aliphatic heterocycles. The van der Waals surface area contributed by atoms with Gasteiger partial charge in [0.1, 0.15) is 0 Å². The van der Waals surface area contributed by atoms with Crippen LogP contribution in [0.25, 0.3) is 0 Å². The summed E-state index contributed by atoms with van der Waals surface area (Å²) in [6.45, 7) is 10.7. The average molecular weight is 286 g/mol. The van der Waals surface area contributed by atoms with Crippen molar-refractivity contribution in [2.24, 2.45) is 0 Å². The number of hydrogen-bond donors (Lipinski definition) is 0. The molecule has 1 heterocycles. The van der Waals surface area contributed by atoms with Crippen molar-refractivity contribution >= 4 is 12.6 Å². The SMILES string of the molecule is Cc1c(B2OC(C)(C)C(C)(C)O2)ccc2c1CCCCC2. The molecule has 0 spiro atoms. The first kappa shape index (κ1) is 15.1. The van der Waals surface area contributed by atoms with Gasteiger partial charge < -0.3 is 9.31 Å². The van der Waals surface area contributed by atoms with Gasteiger partial charge in [-0.05, 0) is 82.5 Å². The summed E-state index contributed by atoms with van der Waals surface area (Å²) in [4.78, 5) is 0. The van der Waals surface area contributed by atoms with Gasteiger partial charge in [0.25, 0.3) is 0 Å². The first-order valence-electron chi connectivity index (χ1n) is 8.29. The van der Waals surface area contributed by atoms with Crippen LogP contribution in [0.15, 0.2) is 12.1 Å². The van der Waals surface area contributed by atoms with E-state index in [4.69, 9.17) is 9.31 Å². The zero-order chi connectivity index (χ0) is 15.3. The van der Waals surface area contributed by atoms with Crippen LogP contribution in [-0.2, 0) is 22.2 Å². The third kappa shape index (κ3) is 2.55. The fourth-order valence-electron chi connectivity index (χ4n) is 3.43. The third-order valence-corrected chi connectivity index (χ3v) is 5.62. The van der Waals surface area contributed by atoms with Crippen molar-refractivity contribution in [3.05, 3.63) is 28.8 Å². The van der Waals surface area contributed by atoms with Gasteiger partial charge in [-0.1, -0.05) is 18.6 Å². The molecule has 21 heavy (non-hydrogen) atoms. The largest absolute Gasteiger partial charge is 0.495 e. The van der Waals surface area contributed by atoms with Crippen LogP contribution in [-0.4, -0.2) is 18.3 Å². The second-order valence-corrected chi connectivity index (χ2v) is 7.57. The van der Waals surface area contributed by atoms with E-state index < -0.39 is 0 Å². The van der Waals surface area contributed by atoms with Crippen LogP contribution in [0.3, 0.4) is 0 Å². The molecule has 3 rings (SSSR count). The first-order chi connectivity index (χ1) is 9.82. The maximum atomic E-state index is 6.23. The fourth-order valence-corrected chi connectivity index (χ4v) is 3.43. The lowest BCUT2D eigenvalue weighted by Gasteiger charge is -2.32. The van der Waals surface area contributed by atoms with E-state index in [0.717, 1.165) is 0 Å². The Bertz CT molecular complexity index is 532. The van der Waals surface area contributed by atoms with Crippen molar-refractivity contribution in [3.63, 3.8) is 0 Å². The molecule has 1 aromatic carbocycles. The zero-order valence-corrected chi connectivity index (χ0v) is 14.1. The van der Waals surface area contributed by atoms with E-state index in [2.05, 4.69) is 46.8 Å². The molecule has 0 unspecified atom stereocenters.